The van der Waals surface area contributed by atoms with Gasteiger partial charge < -0.3 is 19.7 Å². The number of ether oxygens (including phenoxy) is 2. The largest absolute Gasteiger partial charge is 0.486 e. The number of carbonyl (C=O) groups is 2. The topological polar surface area (TPSA) is 114 Å². The zero-order valence-electron chi connectivity index (χ0n) is 20.1. The number of amides is 2. The highest BCUT2D eigenvalue weighted by molar-refractivity contribution is 7.89. The summed E-state index contributed by atoms with van der Waals surface area (Å²) in [5.41, 5.74) is 1.54. The Kier molecular flexibility index (Phi) is 7.32. The Morgan fingerprint density at radius 1 is 1.14 bits per heavy atom. The van der Waals surface area contributed by atoms with Gasteiger partial charge >= 0.3 is 0 Å². The summed E-state index contributed by atoms with van der Waals surface area (Å²) in [5.74, 6) is 0.534. The van der Waals surface area contributed by atoms with Crippen molar-refractivity contribution in [2.75, 3.05) is 24.6 Å². The number of benzene rings is 2. The van der Waals surface area contributed by atoms with Crippen LogP contribution in [0.15, 0.2) is 47.4 Å². The zero-order chi connectivity index (χ0) is 25.2. The van der Waals surface area contributed by atoms with Crippen LogP contribution in [0.25, 0.3) is 0 Å². The van der Waals surface area contributed by atoms with Crippen LogP contribution >= 0.6 is 0 Å². The van der Waals surface area contributed by atoms with Gasteiger partial charge in [-0.1, -0.05) is 32.9 Å². The molecule has 2 aromatic carbocycles. The molecule has 2 atom stereocenters. The molecule has 2 amide bonds. The molecule has 0 saturated heterocycles. The number of nitrogens with zero attached hydrogens (tertiary/aromatic N) is 1. The highest BCUT2D eigenvalue weighted by Gasteiger charge is 2.31. The van der Waals surface area contributed by atoms with Crippen LogP contribution in [-0.4, -0.2) is 52.1 Å². The van der Waals surface area contributed by atoms with Crippen molar-refractivity contribution in [3.05, 3.63) is 48.0 Å². The predicted molar refractivity (Wildman–Crippen MR) is 131 cm³/mol. The number of para-hydroxylation sites is 2. The van der Waals surface area contributed by atoms with Crippen LogP contribution in [0.3, 0.4) is 0 Å². The fraction of sp³-hybridized carbons (Fsp3) is 0.440. The average molecular weight is 502 g/mol. The van der Waals surface area contributed by atoms with Crippen molar-refractivity contribution in [1.82, 2.24) is 10.0 Å². The highest BCUT2D eigenvalue weighted by Crippen LogP contribution is 2.32. The molecular weight excluding hydrogens is 470 g/mol. The van der Waals surface area contributed by atoms with E-state index in [-0.39, 0.29) is 36.0 Å². The second-order valence-corrected chi connectivity index (χ2v) is 10.7. The Labute approximate surface area is 205 Å². The van der Waals surface area contributed by atoms with Crippen LogP contribution in [-0.2, 0) is 26.0 Å². The van der Waals surface area contributed by atoms with E-state index in [2.05, 4.69) is 10.0 Å². The van der Waals surface area contributed by atoms with Crippen molar-refractivity contribution in [1.29, 1.82) is 0 Å². The van der Waals surface area contributed by atoms with Gasteiger partial charge in [0.05, 0.1) is 11.4 Å². The molecule has 0 aliphatic carbocycles. The number of nitrogens with one attached hydrogen (secondary N) is 2. The Bertz CT molecular complexity index is 1210. The Hall–Kier alpha value is -3.11. The standard InChI is InChI=1S/C25H31N3O6S/c1-4-23(29)28-12-11-17-13-19(9-10-20(17)28)35(31,32)27-24(16(2)3)25(30)26-14-18-15-33-21-7-5-6-8-22(21)34-18/h5-10,13,16,18,24,27H,4,11-12,14-15H2,1-3H3,(H,26,30)/t18-,24+/m0/s1. The molecule has 0 radical (unpaired) electrons. The fourth-order valence-corrected chi connectivity index (χ4v) is 5.60. The molecule has 2 aliphatic rings. The van der Waals surface area contributed by atoms with E-state index in [4.69, 9.17) is 9.47 Å². The minimum atomic E-state index is -3.97. The number of fused-ring (bicyclic) bond motifs is 2. The number of carbonyl (C=O) groups excluding carboxylic acids is 2. The molecule has 0 spiro atoms. The second-order valence-electron chi connectivity index (χ2n) is 9.03. The number of anilines is 1. The molecule has 35 heavy (non-hydrogen) atoms. The molecule has 4 rings (SSSR count). The van der Waals surface area contributed by atoms with Crippen molar-refractivity contribution >= 4 is 27.5 Å². The SMILES string of the molecule is CCC(=O)N1CCc2cc(S(=O)(=O)N[C@@H](C(=O)NC[C@H]3COc4ccccc4O3)C(C)C)ccc21. The van der Waals surface area contributed by atoms with Gasteiger partial charge in [0.25, 0.3) is 0 Å². The molecule has 9 nitrogen and oxygen atoms in total. The van der Waals surface area contributed by atoms with Gasteiger partial charge in [-0.05, 0) is 48.2 Å². The van der Waals surface area contributed by atoms with Gasteiger partial charge in [0.15, 0.2) is 11.5 Å². The molecule has 2 aliphatic heterocycles. The summed E-state index contributed by atoms with van der Waals surface area (Å²) < 4.78 is 40.4. The van der Waals surface area contributed by atoms with Crippen LogP contribution in [0.2, 0.25) is 0 Å². The second kappa shape index (κ2) is 10.2. The number of sulfonamides is 1. The first-order valence-electron chi connectivity index (χ1n) is 11.8. The smallest absolute Gasteiger partial charge is 0.241 e. The lowest BCUT2D eigenvalue weighted by molar-refractivity contribution is -0.124. The summed E-state index contributed by atoms with van der Waals surface area (Å²) in [6, 6.07) is 11.0. The minimum absolute atomic E-state index is 0.00450. The summed E-state index contributed by atoms with van der Waals surface area (Å²) >= 11 is 0. The summed E-state index contributed by atoms with van der Waals surface area (Å²) in [6.07, 6.45) is 0.589. The first-order valence-corrected chi connectivity index (χ1v) is 13.3. The highest BCUT2D eigenvalue weighted by atomic mass is 32.2. The van der Waals surface area contributed by atoms with E-state index in [1.807, 2.05) is 18.2 Å². The number of hydrogen-bond donors (Lipinski definition) is 2. The molecule has 0 aromatic heterocycles. The van der Waals surface area contributed by atoms with E-state index in [0.29, 0.717) is 30.9 Å². The third kappa shape index (κ3) is 5.43. The quantitative estimate of drug-likeness (QED) is 0.574. The van der Waals surface area contributed by atoms with Gasteiger partial charge in [0, 0.05) is 18.7 Å². The van der Waals surface area contributed by atoms with E-state index < -0.39 is 22.0 Å². The van der Waals surface area contributed by atoms with E-state index in [9.17, 15) is 18.0 Å². The molecule has 2 N–H and O–H groups in total. The monoisotopic (exact) mass is 501 g/mol. The summed E-state index contributed by atoms with van der Waals surface area (Å²) in [5, 5.41) is 2.79. The first kappa shape index (κ1) is 25.0. The predicted octanol–water partition coefficient (Wildman–Crippen LogP) is 2.24. The van der Waals surface area contributed by atoms with Crippen LogP contribution in [0.1, 0.15) is 32.8 Å². The van der Waals surface area contributed by atoms with Gasteiger partial charge in [-0.2, -0.15) is 4.72 Å². The molecule has 0 unspecified atom stereocenters. The summed E-state index contributed by atoms with van der Waals surface area (Å²) in [4.78, 5) is 26.8. The molecule has 0 fully saturated rings. The average Bonchev–Trinajstić information content (AvgIpc) is 3.28. The molecule has 2 heterocycles. The lowest BCUT2D eigenvalue weighted by atomic mass is 10.1. The third-order valence-electron chi connectivity index (χ3n) is 6.16. The molecule has 188 valence electrons. The lowest BCUT2D eigenvalue weighted by Gasteiger charge is -2.28. The molecular formula is C25H31N3O6S. The number of rotatable bonds is 8. The maximum Gasteiger partial charge on any atom is 0.241 e. The van der Waals surface area contributed by atoms with Crippen molar-refractivity contribution in [3.8, 4) is 11.5 Å². The van der Waals surface area contributed by atoms with Crippen molar-refractivity contribution in [2.24, 2.45) is 5.92 Å². The third-order valence-corrected chi connectivity index (χ3v) is 7.60. The van der Waals surface area contributed by atoms with Crippen LogP contribution in [0.5, 0.6) is 11.5 Å². The van der Waals surface area contributed by atoms with Gasteiger partial charge in [0.2, 0.25) is 21.8 Å². The molecule has 0 bridgehead atoms. The molecule has 0 saturated carbocycles. The van der Waals surface area contributed by atoms with Crippen LogP contribution in [0.4, 0.5) is 5.69 Å². The van der Waals surface area contributed by atoms with Gasteiger partial charge in [-0.15, -0.1) is 0 Å². The van der Waals surface area contributed by atoms with Crippen molar-refractivity contribution in [2.45, 2.75) is 50.7 Å². The van der Waals surface area contributed by atoms with E-state index in [0.717, 1.165) is 11.3 Å². The minimum Gasteiger partial charge on any atom is -0.486 e. The Balaban J connectivity index is 1.41. The first-order chi connectivity index (χ1) is 16.7. The fourth-order valence-electron chi connectivity index (χ4n) is 4.21. The van der Waals surface area contributed by atoms with Crippen molar-refractivity contribution in [3.63, 3.8) is 0 Å². The molecule has 10 heteroatoms. The maximum atomic E-state index is 13.1. The lowest BCUT2D eigenvalue weighted by Crippen LogP contribution is -2.52. The van der Waals surface area contributed by atoms with E-state index in [1.54, 1.807) is 43.9 Å². The normalized spacial score (nSPS) is 17.7. The summed E-state index contributed by atoms with van der Waals surface area (Å²) in [7, 11) is -3.97. The maximum absolute atomic E-state index is 13.1. The van der Waals surface area contributed by atoms with Crippen LogP contribution < -0.4 is 24.4 Å². The summed E-state index contributed by atoms with van der Waals surface area (Å²) in [6.45, 7) is 6.35. The molecule has 2 aromatic rings. The van der Waals surface area contributed by atoms with E-state index >= 15 is 0 Å². The van der Waals surface area contributed by atoms with E-state index in [1.165, 1.54) is 6.07 Å². The Morgan fingerprint density at radius 3 is 2.60 bits per heavy atom. The van der Waals surface area contributed by atoms with Gasteiger partial charge in [-0.25, -0.2) is 8.42 Å². The van der Waals surface area contributed by atoms with Crippen LogP contribution in [0, 0.1) is 5.92 Å². The number of hydrogen-bond acceptors (Lipinski definition) is 6. The zero-order valence-corrected chi connectivity index (χ0v) is 20.9. The van der Waals surface area contributed by atoms with Gasteiger partial charge in [-0.3, -0.25) is 9.59 Å². The Morgan fingerprint density at radius 2 is 1.89 bits per heavy atom. The van der Waals surface area contributed by atoms with Gasteiger partial charge in [0.1, 0.15) is 18.8 Å². The van der Waals surface area contributed by atoms with Crippen molar-refractivity contribution < 1.29 is 27.5 Å².